The minimum absolute atomic E-state index is 0.0414. The molecule has 0 aromatic heterocycles. The molecule has 0 spiro atoms. The summed E-state index contributed by atoms with van der Waals surface area (Å²) in [4.78, 5) is 33.1. The summed E-state index contributed by atoms with van der Waals surface area (Å²) in [6, 6.07) is 3.05. The topological polar surface area (TPSA) is 111 Å². The molecule has 0 aliphatic rings. The lowest BCUT2D eigenvalue weighted by molar-refractivity contribution is -0.387. The fourth-order valence-corrected chi connectivity index (χ4v) is 2.21. The largest absolute Gasteiger partial charge is 0.444 e. The monoisotopic (exact) mass is 383 g/mol. The second-order valence-corrected chi connectivity index (χ2v) is 7.02. The zero-order chi connectivity index (χ0) is 20.4. The molecular weight excluding hydrogens is 357 g/mol. The Labute approximate surface area is 157 Å². The number of rotatable bonds is 9. The maximum Gasteiger partial charge on any atom is 0.407 e. The van der Waals surface area contributed by atoms with Gasteiger partial charge in [0.05, 0.1) is 4.92 Å². The van der Waals surface area contributed by atoms with Crippen LogP contribution in [0.1, 0.15) is 56.8 Å². The number of nitro groups is 1. The third kappa shape index (κ3) is 8.98. The number of alkyl carbamates (subject to hydrolysis) is 1. The van der Waals surface area contributed by atoms with Crippen molar-refractivity contribution in [2.24, 2.45) is 0 Å². The van der Waals surface area contributed by atoms with Gasteiger partial charge in [-0.1, -0.05) is 12.8 Å². The lowest BCUT2D eigenvalue weighted by Gasteiger charge is -2.19. The molecule has 8 nitrogen and oxygen atoms in total. The first kappa shape index (κ1) is 22.3. The van der Waals surface area contributed by atoms with Crippen molar-refractivity contribution in [3.63, 3.8) is 0 Å². The molecule has 1 rings (SSSR count). The van der Waals surface area contributed by atoms with Crippen molar-refractivity contribution in [3.05, 3.63) is 39.7 Å². The van der Waals surface area contributed by atoms with Crippen LogP contribution in [0.4, 0.5) is 14.9 Å². The number of unbranched alkanes of at least 4 members (excludes halogenated alkanes) is 3. The number of nitro benzene ring substituents is 1. The summed E-state index contributed by atoms with van der Waals surface area (Å²) in [6.07, 6.45) is 2.81. The minimum Gasteiger partial charge on any atom is -0.444 e. The van der Waals surface area contributed by atoms with Gasteiger partial charge in [0.1, 0.15) is 5.60 Å². The highest BCUT2D eigenvalue weighted by Gasteiger charge is 2.17. The predicted octanol–water partition coefficient (Wildman–Crippen LogP) is 3.55. The summed E-state index contributed by atoms with van der Waals surface area (Å²) < 4.78 is 18.6. The Kier molecular flexibility index (Phi) is 8.64. The van der Waals surface area contributed by atoms with E-state index in [9.17, 15) is 24.1 Å². The van der Waals surface area contributed by atoms with Gasteiger partial charge in [-0.05, 0) is 45.7 Å². The molecule has 9 heteroatoms. The molecule has 150 valence electrons. The highest BCUT2D eigenvalue weighted by Crippen LogP contribution is 2.17. The zero-order valence-corrected chi connectivity index (χ0v) is 15.8. The molecular formula is C18H26FN3O5. The number of nitrogens with zero attached hydrogens (tertiary/aromatic N) is 1. The van der Waals surface area contributed by atoms with Gasteiger partial charge >= 0.3 is 11.8 Å². The zero-order valence-electron chi connectivity index (χ0n) is 15.8. The van der Waals surface area contributed by atoms with E-state index in [2.05, 4.69) is 10.6 Å². The quantitative estimate of drug-likeness (QED) is 0.385. The smallest absolute Gasteiger partial charge is 0.407 e. The average molecular weight is 383 g/mol. The minimum atomic E-state index is -1.04. The van der Waals surface area contributed by atoms with Gasteiger partial charge in [0.2, 0.25) is 5.82 Å². The summed E-state index contributed by atoms with van der Waals surface area (Å²) in [5, 5.41) is 15.9. The number of ether oxygens (including phenoxy) is 1. The van der Waals surface area contributed by atoms with E-state index in [1.165, 1.54) is 6.07 Å². The molecule has 1 aromatic rings. The van der Waals surface area contributed by atoms with E-state index in [0.29, 0.717) is 13.1 Å². The summed E-state index contributed by atoms with van der Waals surface area (Å²) in [5.41, 5.74) is -1.14. The number of amides is 2. The van der Waals surface area contributed by atoms with Crippen LogP contribution < -0.4 is 10.6 Å². The third-order valence-corrected chi connectivity index (χ3v) is 3.46. The Morgan fingerprint density at radius 1 is 1.11 bits per heavy atom. The van der Waals surface area contributed by atoms with Crippen molar-refractivity contribution in [2.45, 2.75) is 52.1 Å². The predicted molar refractivity (Wildman–Crippen MR) is 98.1 cm³/mol. The number of carbonyl (C=O) groups is 2. The molecule has 0 saturated heterocycles. The molecule has 0 unspecified atom stereocenters. The first-order valence-electron chi connectivity index (χ1n) is 8.79. The van der Waals surface area contributed by atoms with E-state index >= 15 is 0 Å². The van der Waals surface area contributed by atoms with Crippen LogP contribution in [0.2, 0.25) is 0 Å². The molecule has 0 heterocycles. The molecule has 0 fully saturated rings. The first-order chi connectivity index (χ1) is 12.6. The van der Waals surface area contributed by atoms with Gasteiger partial charge in [-0.2, -0.15) is 4.39 Å². The van der Waals surface area contributed by atoms with E-state index in [4.69, 9.17) is 4.74 Å². The maximum absolute atomic E-state index is 13.5. The van der Waals surface area contributed by atoms with E-state index in [1.54, 1.807) is 20.8 Å². The van der Waals surface area contributed by atoms with Crippen LogP contribution in [0.25, 0.3) is 0 Å². The average Bonchev–Trinajstić information content (AvgIpc) is 2.54. The fraction of sp³-hybridized carbons (Fsp3) is 0.556. The number of hydrogen-bond donors (Lipinski definition) is 2. The molecule has 0 radical (unpaired) electrons. The van der Waals surface area contributed by atoms with Crippen LogP contribution in [0.5, 0.6) is 0 Å². The van der Waals surface area contributed by atoms with Crippen molar-refractivity contribution < 1.29 is 23.6 Å². The van der Waals surface area contributed by atoms with Crippen LogP contribution in [0, 0.1) is 15.9 Å². The molecule has 0 aliphatic heterocycles. The van der Waals surface area contributed by atoms with Crippen LogP contribution in [-0.2, 0) is 4.74 Å². The van der Waals surface area contributed by atoms with Crippen molar-refractivity contribution in [3.8, 4) is 0 Å². The SMILES string of the molecule is CC(C)(C)OC(=O)NCCCCCCNC(=O)c1ccc([N+](=O)[O-])c(F)c1. The van der Waals surface area contributed by atoms with Crippen LogP contribution in [0.3, 0.4) is 0 Å². The molecule has 2 N–H and O–H groups in total. The number of nitrogens with one attached hydrogen (secondary N) is 2. The van der Waals surface area contributed by atoms with Gasteiger partial charge in [0, 0.05) is 24.7 Å². The Balaban J connectivity index is 2.16. The van der Waals surface area contributed by atoms with Gasteiger partial charge < -0.3 is 15.4 Å². The highest BCUT2D eigenvalue weighted by molar-refractivity contribution is 5.94. The third-order valence-electron chi connectivity index (χ3n) is 3.46. The van der Waals surface area contributed by atoms with Gasteiger partial charge in [0.25, 0.3) is 5.91 Å². The first-order valence-corrected chi connectivity index (χ1v) is 8.79. The van der Waals surface area contributed by atoms with Crippen LogP contribution in [-0.4, -0.2) is 35.6 Å². The van der Waals surface area contributed by atoms with E-state index in [0.717, 1.165) is 37.8 Å². The van der Waals surface area contributed by atoms with Crippen LogP contribution in [0.15, 0.2) is 18.2 Å². The lowest BCUT2D eigenvalue weighted by atomic mass is 10.1. The van der Waals surface area contributed by atoms with E-state index in [1.807, 2.05) is 0 Å². The summed E-state index contributed by atoms with van der Waals surface area (Å²) >= 11 is 0. The number of hydrogen-bond acceptors (Lipinski definition) is 5. The lowest BCUT2D eigenvalue weighted by Crippen LogP contribution is -2.33. The van der Waals surface area contributed by atoms with Crippen molar-refractivity contribution >= 4 is 17.7 Å². The number of halogens is 1. The molecule has 27 heavy (non-hydrogen) atoms. The Morgan fingerprint density at radius 2 is 1.70 bits per heavy atom. The number of benzene rings is 1. The van der Waals surface area contributed by atoms with Gasteiger partial charge in [-0.15, -0.1) is 0 Å². The molecule has 0 bridgehead atoms. The van der Waals surface area contributed by atoms with Gasteiger partial charge in [0.15, 0.2) is 0 Å². The number of carbonyl (C=O) groups excluding carboxylic acids is 2. The van der Waals surface area contributed by atoms with Gasteiger partial charge in [-0.25, -0.2) is 4.79 Å². The molecule has 0 atom stereocenters. The maximum atomic E-state index is 13.5. The highest BCUT2D eigenvalue weighted by atomic mass is 19.1. The van der Waals surface area contributed by atoms with E-state index < -0.39 is 34.0 Å². The van der Waals surface area contributed by atoms with Crippen molar-refractivity contribution in [1.82, 2.24) is 10.6 Å². The second-order valence-electron chi connectivity index (χ2n) is 7.02. The van der Waals surface area contributed by atoms with Crippen LogP contribution >= 0.6 is 0 Å². The standard InChI is InChI=1S/C18H26FN3O5/c1-18(2,3)27-17(24)21-11-7-5-4-6-10-20-16(23)13-8-9-15(22(25)26)14(19)12-13/h8-9,12H,4-7,10-11H2,1-3H3,(H,20,23)(H,21,24). The fourth-order valence-electron chi connectivity index (χ4n) is 2.21. The molecule has 2 amide bonds. The molecule has 0 saturated carbocycles. The summed E-state index contributed by atoms with van der Waals surface area (Å²) in [6.45, 7) is 6.32. The summed E-state index contributed by atoms with van der Waals surface area (Å²) in [5.74, 6) is -1.51. The molecule has 1 aromatic carbocycles. The van der Waals surface area contributed by atoms with Crippen molar-refractivity contribution in [1.29, 1.82) is 0 Å². The Hall–Kier alpha value is -2.71. The Morgan fingerprint density at radius 3 is 2.22 bits per heavy atom. The normalized spacial score (nSPS) is 11.0. The summed E-state index contributed by atoms with van der Waals surface area (Å²) in [7, 11) is 0. The van der Waals surface area contributed by atoms with E-state index in [-0.39, 0.29) is 5.56 Å². The second kappa shape index (κ2) is 10.4. The van der Waals surface area contributed by atoms with Crippen molar-refractivity contribution in [2.75, 3.05) is 13.1 Å². The van der Waals surface area contributed by atoms with Gasteiger partial charge in [-0.3, -0.25) is 14.9 Å². The molecule has 0 aliphatic carbocycles. The Bertz CT molecular complexity index is 673.